The van der Waals surface area contributed by atoms with E-state index in [1.54, 1.807) is 13.1 Å². The highest BCUT2D eigenvalue weighted by molar-refractivity contribution is 6.12. The number of fused-ring (bicyclic) bond motifs is 1. The molecule has 2 aliphatic rings. The highest BCUT2D eigenvalue weighted by atomic mass is 16.5. The number of Topliss-reactive ketones (excluding diaryl/α,β-unsaturated/α-hetero) is 1. The molecule has 1 aromatic carbocycles. The summed E-state index contributed by atoms with van der Waals surface area (Å²) in [5.41, 5.74) is 4.85. The van der Waals surface area contributed by atoms with E-state index in [2.05, 4.69) is 18.8 Å². The lowest BCUT2D eigenvalue weighted by atomic mass is 9.63. The van der Waals surface area contributed by atoms with Crippen LogP contribution >= 0.6 is 0 Å². The van der Waals surface area contributed by atoms with Crippen LogP contribution in [0, 0.1) is 11.3 Å². The lowest BCUT2D eigenvalue weighted by Gasteiger charge is -2.41. The molecule has 2 heterocycles. The van der Waals surface area contributed by atoms with Gasteiger partial charge in [0.25, 0.3) is 0 Å². The molecular formula is C27H30N2O3. The average molecular weight is 431 g/mol. The van der Waals surface area contributed by atoms with Crippen molar-refractivity contribution in [3.05, 3.63) is 65.5 Å². The van der Waals surface area contributed by atoms with E-state index in [1.807, 2.05) is 49.4 Å². The molecule has 0 amide bonds. The average Bonchev–Trinajstić information content (AvgIpc) is 2.77. The fraction of sp³-hybridized carbons (Fsp3) is 0.407. The Morgan fingerprint density at radius 1 is 1.06 bits per heavy atom. The first-order valence-corrected chi connectivity index (χ1v) is 11.4. The molecule has 166 valence electrons. The maximum atomic E-state index is 13.4. The highest BCUT2D eigenvalue weighted by Gasteiger charge is 2.47. The van der Waals surface area contributed by atoms with Crippen molar-refractivity contribution in [2.45, 2.75) is 52.9 Å². The molecule has 1 aromatic heterocycles. The van der Waals surface area contributed by atoms with Crippen LogP contribution in [-0.4, -0.2) is 29.1 Å². The van der Waals surface area contributed by atoms with Crippen molar-refractivity contribution < 1.29 is 14.3 Å². The van der Waals surface area contributed by atoms with Gasteiger partial charge in [-0.3, -0.25) is 14.8 Å². The van der Waals surface area contributed by atoms with Gasteiger partial charge in [0.15, 0.2) is 0 Å². The first-order chi connectivity index (χ1) is 15.3. The topological polar surface area (TPSA) is 68.6 Å². The van der Waals surface area contributed by atoms with Gasteiger partial charge in [0, 0.05) is 29.8 Å². The number of nitrogens with zero attached hydrogens (tertiary/aromatic N) is 2. The van der Waals surface area contributed by atoms with Crippen molar-refractivity contribution in [2.75, 3.05) is 6.61 Å². The Hall–Kier alpha value is -3.08. The van der Waals surface area contributed by atoms with Crippen molar-refractivity contribution in [1.82, 2.24) is 4.98 Å². The van der Waals surface area contributed by atoms with Gasteiger partial charge in [0.05, 0.1) is 29.5 Å². The molecule has 0 N–H and O–H groups in total. The summed E-state index contributed by atoms with van der Waals surface area (Å²) in [7, 11) is 0. The van der Waals surface area contributed by atoms with Crippen molar-refractivity contribution >= 4 is 17.5 Å². The Balaban J connectivity index is 1.83. The van der Waals surface area contributed by atoms with Gasteiger partial charge < -0.3 is 4.74 Å². The van der Waals surface area contributed by atoms with Crippen LogP contribution in [0.5, 0.6) is 0 Å². The molecule has 1 fully saturated rings. The third kappa shape index (κ3) is 4.16. The van der Waals surface area contributed by atoms with Gasteiger partial charge in [-0.1, -0.05) is 51.1 Å². The number of aromatic nitrogens is 1. The monoisotopic (exact) mass is 430 g/mol. The van der Waals surface area contributed by atoms with Crippen LogP contribution < -0.4 is 0 Å². The summed E-state index contributed by atoms with van der Waals surface area (Å²) in [6, 6.07) is 13.8. The number of esters is 1. The Bertz CT molecular complexity index is 1080. The molecule has 2 aromatic rings. The number of ketones is 1. The maximum Gasteiger partial charge on any atom is 0.336 e. The lowest BCUT2D eigenvalue weighted by Crippen LogP contribution is -2.44. The molecule has 2 unspecified atom stereocenters. The molecule has 0 radical (unpaired) electrons. The zero-order valence-corrected chi connectivity index (χ0v) is 19.2. The molecule has 32 heavy (non-hydrogen) atoms. The number of carbonyl (C=O) groups is 2. The van der Waals surface area contributed by atoms with Crippen molar-refractivity contribution in [1.29, 1.82) is 0 Å². The molecule has 1 saturated carbocycles. The number of allylic oxidation sites excluding steroid dienone is 1. The van der Waals surface area contributed by atoms with E-state index in [0.29, 0.717) is 18.4 Å². The Kier molecular flexibility index (Phi) is 6.09. The maximum absolute atomic E-state index is 13.4. The molecule has 5 nitrogen and oxygen atoms in total. The fourth-order valence-corrected chi connectivity index (χ4v) is 4.97. The normalized spacial score (nSPS) is 22.2. The minimum absolute atomic E-state index is 0.125. The van der Waals surface area contributed by atoms with Crippen LogP contribution in [0.15, 0.2) is 64.9 Å². The van der Waals surface area contributed by atoms with Gasteiger partial charge >= 0.3 is 5.97 Å². The SMILES string of the molecule is CCOC(=O)C1=C(CC)N=C2CC(C)(C)CC(=O)C2C1c1ccc(-c2ccccn2)cc1. The van der Waals surface area contributed by atoms with Gasteiger partial charge in [-0.15, -0.1) is 0 Å². The van der Waals surface area contributed by atoms with Gasteiger partial charge in [-0.05, 0) is 42.9 Å². The lowest BCUT2D eigenvalue weighted by molar-refractivity contribution is -0.139. The van der Waals surface area contributed by atoms with E-state index in [1.165, 1.54) is 0 Å². The molecule has 0 spiro atoms. The van der Waals surface area contributed by atoms with E-state index in [-0.39, 0.29) is 29.7 Å². The van der Waals surface area contributed by atoms with Crippen molar-refractivity contribution in [3.63, 3.8) is 0 Å². The number of benzene rings is 1. The third-order valence-electron chi connectivity index (χ3n) is 6.31. The van der Waals surface area contributed by atoms with E-state index < -0.39 is 5.92 Å². The van der Waals surface area contributed by atoms with Gasteiger partial charge in [0.2, 0.25) is 0 Å². The first-order valence-electron chi connectivity index (χ1n) is 11.4. The van der Waals surface area contributed by atoms with Crippen LogP contribution in [0.2, 0.25) is 0 Å². The Morgan fingerprint density at radius 2 is 1.81 bits per heavy atom. The summed E-state index contributed by atoms with van der Waals surface area (Å²) in [4.78, 5) is 35.7. The standard InChI is InChI=1S/C27H30N2O3/c1-5-19-25(26(31)32-6-2)23(24-21(29-19)15-27(3,4)16-22(24)30)18-12-10-17(11-13-18)20-9-7-8-14-28-20/h7-14,23-24H,5-6,15-16H2,1-4H3. The van der Waals surface area contributed by atoms with Crippen molar-refractivity contribution in [3.8, 4) is 11.3 Å². The summed E-state index contributed by atoms with van der Waals surface area (Å²) in [6.45, 7) is 8.29. The highest BCUT2D eigenvalue weighted by Crippen LogP contribution is 2.47. The zero-order chi connectivity index (χ0) is 22.9. The second-order valence-electron chi connectivity index (χ2n) is 9.31. The molecule has 0 bridgehead atoms. The molecule has 4 rings (SSSR count). The Morgan fingerprint density at radius 3 is 2.44 bits per heavy atom. The summed E-state index contributed by atoms with van der Waals surface area (Å²) >= 11 is 0. The number of carbonyl (C=O) groups excluding carboxylic acids is 2. The first kappa shape index (κ1) is 22.1. The fourth-order valence-electron chi connectivity index (χ4n) is 4.97. The zero-order valence-electron chi connectivity index (χ0n) is 19.2. The number of hydrogen-bond acceptors (Lipinski definition) is 5. The number of rotatable bonds is 5. The molecule has 5 heteroatoms. The van der Waals surface area contributed by atoms with E-state index in [0.717, 1.165) is 34.7 Å². The van der Waals surface area contributed by atoms with Crippen LogP contribution in [0.3, 0.4) is 0 Å². The number of pyridine rings is 1. The van der Waals surface area contributed by atoms with Gasteiger partial charge in [0.1, 0.15) is 5.78 Å². The second kappa shape index (κ2) is 8.81. The third-order valence-corrected chi connectivity index (χ3v) is 6.31. The Labute approximate surface area is 189 Å². The van der Waals surface area contributed by atoms with Crippen LogP contribution in [0.25, 0.3) is 11.3 Å². The van der Waals surface area contributed by atoms with Gasteiger partial charge in [-0.25, -0.2) is 4.79 Å². The molecule has 2 atom stereocenters. The largest absolute Gasteiger partial charge is 0.463 e. The summed E-state index contributed by atoms with van der Waals surface area (Å²) in [5, 5.41) is 0. The smallest absolute Gasteiger partial charge is 0.336 e. The molecular weight excluding hydrogens is 400 g/mol. The molecule has 0 saturated heterocycles. The second-order valence-corrected chi connectivity index (χ2v) is 9.31. The predicted octanol–water partition coefficient (Wildman–Crippen LogP) is 5.52. The number of hydrogen-bond donors (Lipinski definition) is 0. The molecule has 1 aliphatic heterocycles. The summed E-state index contributed by atoms with van der Waals surface area (Å²) in [6.07, 6.45) is 3.62. The number of aliphatic imine (C=N–C) groups is 1. The van der Waals surface area contributed by atoms with Crippen LogP contribution in [0.1, 0.15) is 58.4 Å². The van der Waals surface area contributed by atoms with Crippen LogP contribution in [0.4, 0.5) is 0 Å². The summed E-state index contributed by atoms with van der Waals surface area (Å²) < 4.78 is 5.43. The summed E-state index contributed by atoms with van der Waals surface area (Å²) in [5.74, 6) is -1.02. The van der Waals surface area contributed by atoms with E-state index >= 15 is 0 Å². The minimum atomic E-state index is -0.418. The van der Waals surface area contributed by atoms with E-state index in [9.17, 15) is 9.59 Å². The number of ether oxygens (including phenoxy) is 1. The van der Waals surface area contributed by atoms with Crippen LogP contribution in [-0.2, 0) is 14.3 Å². The minimum Gasteiger partial charge on any atom is -0.463 e. The van der Waals surface area contributed by atoms with Crippen molar-refractivity contribution in [2.24, 2.45) is 16.3 Å². The predicted molar refractivity (Wildman–Crippen MR) is 125 cm³/mol. The molecule has 1 aliphatic carbocycles. The van der Waals surface area contributed by atoms with Gasteiger partial charge in [-0.2, -0.15) is 0 Å². The quantitative estimate of drug-likeness (QED) is 0.586. The van der Waals surface area contributed by atoms with E-state index in [4.69, 9.17) is 9.73 Å².